The van der Waals surface area contributed by atoms with Gasteiger partial charge < -0.3 is 9.80 Å². The molecule has 1 fully saturated rings. The van der Waals surface area contributed by atoms with Crippen molar-refractivity contribution in [1.82, 2.24) is 9.80 Å². The topological polar surface area (TPSA) is 40.6 Å². The summed E-state index contributed by atoms with van der Waals surface area (Å²) in [6.07, 6.45) is 5.11. The van der Waals surface area contributed by atoms with Crippen molar-refractivity contribution in [3.8, 4) is 0 Å². The highest BCUT2D eigenvalue weighted by molar-refractivity contribution is 6.05. The summed E-state index contributed by atoms with van der Waals surface area (Å²) in [7, 11) is 1.86. The summed E-state index contributed by atoms with van der Waals surface area (Å²) in [5.41, 5.74) is 2.40. The van der Waals surface area contributed by atoms with E-state index < -0.39 is 0 Å². The maximum atomic E-state index is 12.7. The van der Waals surface area contributed by atoms with Crippen LogP contribution in [0.4, 0.5) is 0 Å². The second-order valence-electron chi connectivity index (χ2n) is 6.38. The van der Waals surface area contributed by atoms with Crippen LogP contribution < -0.4 is 0 Å². The summed E-state index contributed by atoms with van der Waals surface area (Å²) in [5.74, 6) is 0.212. The number of carbonyl (C=O) groups is 2. The molecule has 1 heterocycles. The summed E-state index contributed by atoms with van der Waals surface area (Å²) in [6.45, 7) is 3.99. The number of likely N-dealkylation sites (tertiary alicyclic amines) is 1. The van der Waals surface area contributed by atoms with E-state index in [1.54, 1.807) is 4.90 Å². The number of hydrogen-bond donors (Lipinski definition) is 0. The number of Topliss-reactive ketones (excluding diaryl/α,β-unsaturated/α-hetero) is 1. The molecular formula is C18H24N2O2. The number of piperidine rings is 1. The fraction of sp³-hybridized carbons (Fsp3) is 0.556. The average molecular weight is 300 g/mol. The summed E-state index contributed by atoms with van der Waals surface area (Å²) in [5, 5.41) is 0. The highest BCUT2D eigenvalue weighted by atomic mass is 16.2. The summed E-state index contributed by atoms with van der Waals surface area (Å²) in [4.78, 5) is 28.7. The molecule has 0 radical (unpaired) electrons. The van der Waals surface area contributed by atoms with Crippen molar-refractivity contribution in [2.24, 2.45) is 0 Å². The van der Waals surface area contributed by atoms with Gasteiger partial charge in [0.2, 0.25) is 0 Å². The molecule has 0 saturated carbocycles. The molecule has 1 amide bonds. The summed E-state index contributed by atoms with van der Waals surface area (Å²) >= 11 is 0. The summed E-state index contributed by atoms with van der Waals surface area (Å²) < 4.78 is 0. The Kier molecular flexibility index (Phi) is 4.57. The van der Waals surface area contributed by atoms with E-state index in [0.29, 0.717) is 18.4 Å². The van der Waals surface area contributed by atoms with Gasteiger partial charge in [0.25, 0.3) is 5.91 Å². The van der Waals surface area contributed by atoms with Gasteiger partial charge in [-0.25, -0.2) is 0 Å². The monoisotopic (exact) mass is 300 g/mol. The molecule has 1 saturated heterocycles. The lowest BCUT2D eigenvalue weighted by Crippen LogP contribution is -2.38. The van der Waals surface area contributed by atoms with E-state index in [-0.39, 0.29) is 11.7 Å². The first-order valence-electron chi connectivity index (χ1n) is 8.30. The number of ketones is 1. The molecule has 1 aromatic rings. The van der Waals surface area contributed by atoms with E-state index in [0.717, 1.165) is 37.3 Å². The molecule has 3 rings (SSSR count). The fourth-order valence-electron chi connectivity index (χ4n) is 3.47. The van der Waals surface area contributed by atoms with E-state index in [4.69, 9.17) is 0 Å². The normalized spacial score (nSPS) is 18.3. The molecule has 0 N–H and O–H groups in total. The fourth-order valence-corrected chi connectivity index (χ4v) is 3.47. The van der Waals surface area contributed by atoms with E-state index in [1.165, 1.54) is 19.3 Å². The van der Waals surface area contributed by atoms with Crippen molar-refractivity contribution in [3.05, 3.63) is 34.9 Å². The number of nitrogens with zero attached hydrogens (tertiary/aromatic N) is 2. The van der Waals surface area contributed by atoms with Gasteiger partial charge >= 0.3 is 0 Å². The van der Waals surface area contributed by atoms with Crippen molar-refractivity contribution in [1.29, 1.82) is 0 Å². The van der Waals surface area contributed by atoms with Crippen LogP contribution in [0.5, 0.6) is 0 Å². The quantitative estimate of drug-likeness (QED) is 0.857. The molecule has 22 heavy (non-hydrogen) atoms. The van der Waals surface area contributed by atoms with Crippen LogP contribution in [0.2, 0.25) is 0 Å². The van der Waals surface area contributed by atoms with Gasteiger partial charge in [-0.2, -0.15) is 0 Å². The number of hydrogen-bond acceptors (Lipinski definition) is 3. The zero-order valence-corrected chi connectivity index (χ0v) is 13.3. The minimum Gasteiger partial charge on any atom is -0.340 e. The van der Waals surface area contributed by atoms with Crippen LogP contribution in [-0.4, -0.2) is 54.7 Å². The molecular weight excluding hydrogens is 276 g/mol. The number of carbonyl (C=O) groups excluding carboxylic acids is 2. The standard InChI is InChI=1S/C18H24N2O2/c1-19(12-13-20-10-3-2-4-11-20)18(22)16-7-5-6-15-14(16)8-9-17(15)21/h5-7H,2-4,8-13H2,1H3. The molecule has 118 valence electrons. The number of rotatable bonds is 4. The van der Waals surface area contributed by atoms with Gasteiger partial charge in [0.1, 0.15) is 0 Å². The average Bonchev–Trinajstić information content (AvgIpc) is 2.94. The van der Waals surface area contributed by atoms with Crippen LogP contribution in [0.15, 0.2) is 18.2 Å². The molecule has 1 aromatic carbocycles. The van der Waals surface area contributed by atoms with Crippen LogP contribution in [-0.2, 0) is 6.42 Å². The molecule has 4 heteroatoms. The van der Waals surface area contributed by atoms with Gasteiger partial charge in [-0.1, -0.05) is 18.6 Å². The largest absolute Gasteiger partial charge is 0.340 e. The molecule has 0 atom stereocenters. The van der Waals surface area contributed by atoms with E-state index in [2.05, 4.69) is 4.90 Å². The third kappa shape index (κ3) is 3.07. The van der Waals surface area contributed by atoms with Crippen LogP contribution in [0.25, 0.3) is 0 Å². The van der Waals surface area contributed by atoms with E-state index >= 15 is 0 Å². The second kappa shape index (κ2) is 6.61. The summed E-state index contributed by atoms with van der Waals surface area (Å²) in [6, 6.07) is 5.53. The van der Waals surface area contributed by atoms with Gasteiger partial charge in [0, 0.05) is 37.7 Å². The predicted octanol–water partition coefficient (Wildman–Crippen LogP) is 2.37. The van der Waals surface area contributed by atoms with Gasteiger partial charge in [-0.3, -0.25) is 9.59 Å². The zero-order chi connectivity index (χ0) is 15.5. The first-order chi connectivity index (χ1) is 10.7. The lowest BCUT2D eigenvalue weighted by Gasteiger charge is -2.28. The van der Waals surface area contributed by atoms with Gasteiger partial charge in [-0.05, 0) is 44.0 Å². The first-order valence-corrected chi connectivity index (χ1v) is 8.30. The van der Waals surface area contributed by atoms with Crippen molar-refractivity contribution in [3.63, 3.8) is 0 Å². The number of fused-ring (bicyclic) bond motifs is 1. The second-order valence-corrected chi connectivity index (χ2v) is 6.38. The van der Waals surface area contributed by atoms with Crippen molar-refractivity contribution in [2.75, 3.05) is 33.2 Å². The molecule has 0 spiro atoms. The molecule has 0 aromatic heterocycles. The highest BCUT2D eigenvalue weighted by Crippen LogP contribution is 2.26. The highest BCUT2D eigenvalue weighted by Gasteiger charge is 2.25. The molecule has 2 aliphatic rings. The van der Waals surface area contributed by atoms with Gasteiger partial charge in [0.05, 0.1) is 0 Å². The Morgan fingerprint density at radius 1 is 1.18 bits per heavy atom. The van der Waals surface area contributed by atoms with Crippen molar-refractivity contribution < 1.29 is 9.59 Å². The van der Waals surface area contributed by atoms with Gasteiger partial charge in [0.15, 0.2) is 5.78 Å². The number of likely N-dealkylation sites (N-methyl/N-ethyl adjacent to an activating group) is 1. The lowest BCUT2D eigenvalue weighted by atomic mass is 10.0. The maximum absolute atomic E-state index is 12.7. The number of benzene rings is 1. The van der Waals surface area contributed by atoms with Crippen molar-refractivity contribution >= 4 is 11.7 Å². The third-order valence-corrected chi connectivity index (χ3v) is 4.86. The van der Waals surface area contributed by atoms with E-state index in [1.807, 2.05) is 25.2 Å². The Morgan fingerprint density at radius 2 is 1.95 bits per heavy atom. The Hall–Kier alpha value is -1.68. The van der Waals surface area contributed by atoms with Crippen LogP contribution in [0, 0.1) is 0 Å². The van der Waals surface area contributed by atoms with Crippen LogP contribution >= 0.6 is 0 Å². The zero-order valence-electron chi connectivity index (χ0n) is 13.3. The molecule has 4 nitrogen and oxygen atoms in total. The minimum atomic E-state index is 0.0450. The van der Waals surface area contributed by atoms with Crippen LogP contribution in [0.3, 0.4) is 0 Å². The Morgan fingerprint density at radius 3 is 2.73 bits per heavy atom. The molecule has 1 aliphatic heterocycles. The number of amides is 1. The lowest BCUT2D eigenvalue weighted by molar-refractivity contribution is 0.0771. The van der Waals surface area contributed by atoms with E-state index in [9.17, 15) is 9.59 Å². The predicted molar refractivity (Wildman–Crippen MR) is 86.3 cm³/mol. The Bertz CT molecular complexity index is 576. The smallest absolute Gasteiger partial charge is 0.253 e. The minimum absolute atomic E-state index is 0.0450. The molecule has 0 unspecified atom stereocenters. The first kappa shape index (κ1) is 15.2. The third-order valence-electron chi connectivity index (χ3n) is 4.86. The molecule has 0 bridgehead atoms. The van der Waals surface area contributed by atoms with Crippen LogP contribution in [0.1, 0.15) is 52.0 Å². The maximum Gasteiger partial charge on any atom is 0.253 e. The Labute approximate surface area is 132 Å². The van der Waals surface area contributed by atoms with Gasteiger partial charge in [-0.15, -0.1) is 0 Å². The SMILES string of the molecule is CN(CCN1CCCCC1)C(=O)c1cccc2c1CCC2=O. The van der Waals surface area contributed by atoms with Crippen molar-refractivity contribution in [2.45, 2.75) is 32.1 Å². The Balaban J connectivity index is 1.65. The molecule has 1 aliphatic carbocycles.